The van der Waals surface area contributed by atoms with Gasteiger partial charge in [0.05, 0.1) is 12.3 Å². The maximum atomic E-state index is 12.6. The Labute approximate surface area is 158 Å². The first kappa shape index (κ1) is 19.2. The largest absolute Gasteiger partial charge is 0.459 e. The molecule has 0 saturated carbocycles. The fourth-order valence-corrected chi connectivity index (χ4v) is 3.52. The van der Waals surface area contributed by atoms with E-state index in [1.165, 1.54) is 6.26 Å². The van der Waals surface area contributed by atoms with Gasteiger partial charge in [0.15, 0.2) is 5.76 Å². The topological polar surface area (TPSA) is 98.1 Å². The van der Waals surface area contributed by atoms with Gasteiger partial charge in [0.25, 0.3) is 5.91 Å². The number of amides is 4. The molecule has 1 aromatic rings. The van der Waals surface area contributed by atoms with Gasteiger partial charge in [-0.1, -0.05) is 0 Å². The quantitative estimate of drug-likeness (QED) is 0.702. The standard InChI is InChI=1S/C18H27N5O4/c1-21-8-2-4-14(21)17(25)22-9-11-23(12-10-22)18(26)20-7-6-19-16(24)15-5-3-13-27-15/h3,5,13-14H,2,4,6-12H2,1H3,(H,19,24)(H,20,26). The van der Waals surface area contributed by atoms with E-state index >= 15 is 0 Å². The molecular weight excluding hydrogens is 350 g/mol. The van der Waals surface area contributed by atoms with Gasteiger partial charge in [0, 0.05) is 39.3 Å². The smallest absolute Gasteiger partial charge is 0.317 e. The molecule has 1 atom stereocenters. The first-order valence-electron chi connectivity index (χ1n) is 9.40. The van der Waals surface area contributed by atoms with E-state index in [0.717, 1.165) is 19.4 Å². The molecule has 2 fully saturated rings. The van der Waals surface area contributed by atoms with Crippen LogP contribution in [0.15, 0.2) is 22.8 Å². The molecule has 0 aliphatic carbocycles. The van der Waals surface area contributed by atoms with Crippen LogP contribution in [0.1, 0.15) is 23.4 Å². The lowest BCUT2D eigenvalue weighted by Gasteiger charge is -2.36. The summed E-state index contributed by atoms with van der Waals surface area (Å²) in [4.78, 5) is 42.2. The van der Waals surface area contributed by atoms with E-state index in [1.54, 1.807) is 17.0 Å². The van der Waals surface area contributed by atoms with Gasteiger partial charge >= 0.3 is 6.03 Å². The number of carbonyl (C=O) groups excluding carboxylic acids is 3. The van der Waals surface area contributed by atoms with Crippen LogP contribution in [0.5, 0.6) is 0 Å². The molecule has 2 saturated heterocycles. The second-order valence-electron chi connectivity index (χ2n) is 6.92. The molecule has 3 heterocycles. The molecule has 4 amide bonds. The predicted octanol–water partition coefficient (Wildman–Crippen LogP) is -0.0426. The van der Waals surface area contributed by atoms with Crippen LogP contribution in [0.25, 0.3) is 0 Å². The number of nitrogens with zero attached hydrogens (tertiary/aromatic N) is 3. The maximum Gasteiger partial charge on any atom is 0.317 e. The molecule has 0 bridgehead atoms. The van der Waals surface area contributed by atoms with Crippen LogP contribution < -0.4 is 10.6 Å². The lowest BCUT2D eigenvalue weighted by Crippen LogP contribution is -2.56. The number of piperazine rings is 1. The Morgan fingerprint density at radius 2 is 1.78 bits per heavy atom. The van der Waals surface area contributed by atoms with Crippen LogP contribution in [0.4, 0.5) is 4.79 Å². The lowest BCUT2D eigenvalue weighted by atomic mass is 10.2. The number of hydrogen-bond acceptors (Lipinski definition) is 5. The highest BCUT2D eigenvalue weighted by Crippen LogP contribution is 2.18. The summed E-state index contributed by atoms with van der Waals surface area (Å²) in [5.74, 6) is 0.115. The highest BCUT2D eigenvalue weighted by Gasteiger charge is 2.33. The fraction of sp³-hybridized carbons (Fsp3) is 0.611. The van der Waals surface area contributed by atoms with Crippen LogP contribution in [0.2, 0.25) is 0 Å². The molecule has 9 heteroatoms. The summed E-state index contributed by atoms with van der Waals surface area (Å²) in [6, 6.07) is 3.04. The van der Waals surface area contributed by atoms with E-state index < -0.39 is 0 Å². The van der Waals surface area contributed by atoms with E-state index in [-0.39, 0.29) is 29.6 Å². The number of urea groups is 1. The van der Waals surface area contributed by atoms with Gasteiger partial charge in [0.1, 0.15) is 0 Å². The molecule has 2 N–H and O–H groups in total. The number of rotatable bonds is 5. The van der Waals surface area contributed by atoms with Crippen LogP contribution in [-0.2, 0) is 4.79 Å². The number of likely N-dealkylation sites (N-methyl/N-ethyl adjacent to an activating group) is 1. The zero-order valence-corrected chi connectivity index (χ0v) is 15.6. The minimum atomic E-state index is -0.307. The van der Waals surface area contributed by atoms with Crippen molar-refractivity contribution in [3.63, 3.8) is 0 Å². The Balaban J connectivity index is 1.33. The summed E-state index contributed by atoms with van der Waals surface area (Å²) in [7, 11) is 1.99. The van der Waals surface area contributed by atoms with Crippen LogP contribution in [-0.4, -0.2) is 91.4 Å². The summed E-state index contributed by atoms with van der Waals surface area (Å²) in [5.41, 5.74) is 0. The molecule has 3 rings (SSSR count). The van der Waals surface area contributed by atoms with Crippen LogP contribution in [0.3, 0.4) is 0 Å². The van der Waals surface area contributed by atoms with Gasteiger partial charge in [-0.3, -0.25) is 14.5 Å². The number of carbonyl (C=O) groups is 3. The highest BCUT2D eigenvalue weighted by atomic mass is 16.3. The average molecular weight is 377 g/mol. The number of nitrogens with one attached hydrogen (secondary N) is 2. The molecule has 27 heavy (non-hydrogen) atoms. The van der Waals surface area contributed by atoms with Crippen molar-refractivity contribution in [2.45, 2.75) is 18.9 Å². The summed E-state index contributed by atoms with van der Waals surface area (Å²) in [6.45, 7) is 3.78. The van der Waals surface area contributed by atoms with Crippen LogP contribution >= 0.6 is 0 Å². The SMILES string of the molecule is CN1CCCC1C(=O)N1CCN(C(=O)NCCNC(=O)c2ccco2)CC1. The zero-order chi connectivity index (χ0) is 19.2. The van der Waals surface area contributed by atoms with Crippen LogP contribution in [0, 0.1) is 0 Å². The Bertz CT molecular complexity index is 655. The number of hydrogen-bond donors (Lipinski definition) is 2. The van der Waals surface area contributed by atoms with E-state index in [0.29, 0.717) is 39.3 Å². The summed E-state index contributed by atoms with van der Waals surface area (Å²) in [6.07, 6.45) is 3.41. The van der Waals surface area contributed by atoms with Crippen molar-refractivity contribution >= 4 is 17.8 Å². The van der Waals surface area contributed by atoms with E-state index in [4.69, 9.17) is 4.42 Å². The Hall–Kier alpha value is -2.55. The third-order valence-corrected chi connectivity index (χ3v) is 5.12. The Morgan fingerprint density at radius 3 is 2.41 bits per heavy atom. The zero-order valence-electron chi connectivity index (χ0n) is 15.6. The van der Waals surface area contributed by atoms with E-state index in [9.17, 15) is 14.4 Å². The van der Waals surface area contributed by atoms with Gasteiger partial charge in [0.2, 0.25) is 5.91 Å². The second kappa shape index (κ2) is 8.90. The average Bonchev–Trinajstić information content (AvgIpc) is 3.36. The Morgan fingerprint density at radius 1 is 1.07 bits per heavy atom. The van der Waals surface area contributed by atoms with Crippen molar-refractivity contribution in [3.05, 3.63) is 24.2 Å². The first-order chi connectivity index (χ1) is 13.1. The molecule has 148 valence electrons. The highest BCUT2D eigenvalue weighted by molar-refractivity contribution is 5.91. The van der Waals surface area contributed by atoms with Crippen molar-refractivity contribution < 1.29 is 18.8 Å². The van der Waals surface area contributed by atoms with Crippen molar-refractivity contribution in [2.24, 2.45) is 0 Å². The molecule has 1 aromatic heterocycles. The van der Waals surface area contributed by atoms with Crippen molar-refractivity contribution in [1.29, 1.82) is 0 Å². The molecule has 9 nitrogen and oxygen atoms in total. The molecule has 0 aromatic carbocycles. The Kier molecular flexibility index (Phi) is 6.33. The third kappa shape index (κ3) is 4.79. The number of likely N-dealkylation sites (tertiary alicyclic amines) is 1. The van der Waals surface area contributed by atoms with Crippen molar-refractivity contribution in [3.8, 4) is 0 Å². The maximum absolute atomic E-state index is 12.6. The van der Waals surface area contributed by atoms with Crippen molar-refractivity contribution in [2.75, 3.05) is 52.9 Å². The monoisotopic (exact) mass is 377 g/mol. The molecule has 0 radical (unpaired) electrons. The van der Waals surface area contributed by atoms with Gasteiger partial charge < -0.3 is 24.9 Å². The fourth-order valence-electron chi connectivity index (χ4n) is 3.52. The molecule has 2 aliphatic rings. The van der Waals surface area contributed by atoms with E-state index in [2.05, 4.69) is 15.5 Å². The normalized spacial score (nSPS) is 20.6. The second-order valence-corrected chi connectivity index (χ2v) is 6.92. The lowest BCUT2D eigenvalue weighted by molar-refractivity contribution is -0.137. The predicted molar refractivity (Wildman–Crippen MR) is 98.2 cm³/mol. The van der Waals surface area contributed by atoms with Gasteiger partial charge in [-0.2, -0.15) is 0 Å². The first-order valence-corrected chi connectivity index (χ1v) is 9.40. The third-order valence-electron chi connectivity index (χ3n) is 5.12. The summed E-state index contributed by atoms with van der Waals surface area (Å²) < 4.78 is 5.00. The van der Waals surface area contributed by atoms with Gasteiger partial charge in [-0.15, -0.1) is 0 Å². The molecule has 1 unspecified atom stereocenters. The number of furan rings is 1. The van der Waals surface area contributed by atoms with Gasteiger partial charge in [-0.05, 0) is 38.6 Å². The molecular formula is C18H27N5O4. The summed E-state index contributed by atoms with van der Waals surface area (Å²) >= 11 is 0. The van der Waals surface area contributed by atoms with Crippen molar-refractivity contribution in [1.82, 2.24) is 25.3 Å². The molecule has 0 spiro atoms. The summed E-state index contributed by atoms with van der Waals surface area (Å²) in [5, 5.41) is 5.47. The molecule has 2 aliphatic heterocycles. The minimum absolute atomic E-state index is 0.0110. The minimum Gasteiger partial charge on any atom is -0.459 e. The van der Waals surface area contributed by atoms with E-state index in [1.807, 2.05) is 11.9 Å². The van der Waals surface area contributed by atoms with Gasteiger partial charge in [-0.25, -0.2) is 4.79 Å².